The molecule has 10 aromatic rings. The summed E-state index contributed by atoms with van der Waals surface area (Å²) in [4.78, 5) is 6.00. The average molecular weight is 813 g/mol. The molecule has 0 fully saturated rings. The largest absolute Gasteiger partial charge is 0.311 e. The number of hydrogen-bond acceptors (Lipinski definition) is 3. The fraction of sp³-hybridized carbons (Fsp3) is 0.0169. The van der Waals surface area contributed by atoms with Gasteiger partial charge in [-0.25, -0.2) is 0 Å². The van der Waals surface area contributed by atoms with E-state index in [9.17, 15) is 0 Å². The Kier molecular flexibility index (Phi) is 10.9. The van der Waals surface area contributed by atoms with Crippen molar-refractivity contribution in [2.75, 3.05) is 16.1 Å². The monoisotopic (exact) mass is 812 g/mol. The molecule has 0 radical (unpaired) electrons. The molecule has 0 aromatic heterocycles. The van der Waals surface area contributed by atoms with Gasteiger partial charge < -0.3 is 9.80 Å². The molecular weight excluding hydrogens is 769 g/mol. The second kappa shape index (κ2) is 17.6. The zero-order valence-corrected chi connectivity index (χ0v) is 35.3. The van der Waals surface area contributed by atoms with Gasteiger partial charge in [-0.15, -0.1) is 11.8 Å². The van der Waals surface area contributed by atoms with E-state index in [1.165, 1.54) is 49.0 Å². The summed E-state index contributed by atoms with van der Waals surface area (Å²) < 4.78 is 0. The quantitative estimate of drug-likeness (QED) is 0.120. The molecule has 0 heterocycles. The van der Waals surface area contributed by atoms with Crippen LogP contribution in [0.1, 0.15) is 0 Å². The van der Waals surface area contributed by atoms with Crippen molar-refractivity contribution < 1.29 is 0 Å². The van der Waals surface area contributed by atoms with Gasteiger partial charge in [-0.3, -0.25) is 0 Å². The SMILES string of the molecule is CSc1c(-c2ccccc2)cccc1N(c1ccc(-c2ccc(N(c3ccc(-c4ccccc4)cc3)c3ccc(-c4ccccc4)cc3)cc2)cc1)c1cccc2ccccc12. The Balaban J connectivity index is 1.01. The molecule has 10 rings (SSSR count). The predicted octanol–water partition coefficient (Wildman–Crippen LogP) is 17.2. The molecule has 0 atom stereocenters. The fourth-order valence-corrected chi connectivity index (χ4v) is 9.27. The van der Waals surface area contributed by atoms with Gasteiger partial charge >= 0.3 is 0 Å². The van der Waals surface area contributed by atoms with Crippen molar-refractivity contribution in [3.8, 4) is 44.5 Å². The van der Waals surface area contributed by atoms with Gasteiger partial charge in [0, 0.05) is 33.0 Å². The fourth-order valence-electron chi connectivity index (χ4n) is 8.49. The van der Waals surface area contributed by atoms with Gasteiger partial charge in [-0.2, -0.15) is 0 Å². The van der Waals surface area contributed by atoms with Gasteiger partial charge in [0.2, 0.25) is 0 Å². The number of thioether (sulfide) groups is 1. The highest BCUT2D eigenvalue weighted by Crippen LogP contribution is 2.46. The van der Waals surface area contributed by atoms with Gasteiger partial charge in [0.15, 0.2) is 0 Å². The summed E-state index contributed by atoms with van der Waals surface area (Å²) in [6.45, 7) is 0. The minimum atomic E-state index is 1.09. The zero-order valence-electron chi connectivity index (χ0n) is 34.5. The van der Waals surface area contributed by atoms with Crippen LogP contribution in [0.4, 0.5) is 34.1 Å². The van der Waals surface area contributed by atoms with Crippen molar-refractivity contribution in [3.63, 3.8) is 0 Å². The number of anilines is 6. The Bertz CT molecular complexity index is 2970. The minimum absolute atomic E-state index is 1.09. The van der Waals surface area contributed by atoms with E-state index < -0.39 is 0 Å². The Morgan fingerprint density at radius 2 is 0.629 bits per heavy atom. The molecule has 0 unspecified atom stereocenters. The van der Waals surface area contributed by atoms with Gasteiger partial charge in [0.25, 0.3) is 0 Å². The molecule has 0 amide bonds. The molecule has 0 bridgehead atoms. The van der Waals surface area contributed by atoms with Crippen LogP contribution < -0.4 is 9.80 Å². The topological polar surface area (TPSA) is 6.48 Å². The number of fused-ring (bicyclic) bond motifs is 1. The first-order valence-corrected chi connectivity index (χ1v) is 22.3. The van der Waals surface area contributed by atoms with Gasteiger partial charge in [0.05, 0.1) is 11.4 Å². The predicted molar refractivity (Wildman–Crippen MR) is 267 cm³/mol. The van der Waals surface area contributed by atoms with Gasteiger partial charge in [-0.05, 0) is 117 Å². The molecule has 0 spiro atoms. The Labute approximate surface area is 369 Å². The molecule has 0 aliphatic heterocycles. The molecule has 62 heavy (non-hydrogen) atoms. The number of nitrogens with zero attached hydrogens (tertiary/aromatic N) is 2. The Morgan fingerprint density at radius 1 is 0.274 bits per heavy atom. The minimum Gasteiger partial charge on any atom is -0.311 e. The third kappa shape index (κ3) is 7.78. The van der Waals surface area contributed by atoms with Crippen molar-refractivity contribution in [1.82, 2.24) is 0 Å². The maximum atomic E-state index is 2.43. The van der Waals surface area contributed by atoms with Crippen molar-refractivity contribution >= 4 is 56.7 Å². The summed E-state index contributed by atoms with van der Waals surface area (Å²) in [5.41, 5.74) is 16.3. The van der Waals surface area contributed by atoms with E-state index in [-0.39, 0.29) is 0 Å². The van der Waals surface area contributed by atoms with Crippen molar-refractivity contribution in [2.24, 2.45) is 0 Å². The van der Waals surface area contributed by atoms with E-state index in [1.807, 2.05) is 0 Å². The zero-order chi connectivity index (χ0) is 41.7. The maximum Gasteiger partial charge on any atom is 0.0603 e. The van der Waals surface area contributed by atoms with Crippen LogP contribution in [-0.2, 0) is 0 Å². The summed E-state index contributed by atoms with van der Waals surface area (Å²) in [7, 11) is 0. The lowest BCUT2D eigenvalue weighted by molar-refractivity contribution is 1.24. The van der Waals surface area contributed by atoms with Crippen molar-refractivity contribution in [1.29, 1.82) is 0 Å². The lowest BCUT2D eigenvalue weighted by Gasteiger charge is -2.29. The lowest BCUT2D eigenvalue weighted by atomic mass is 10.0. The first-order valence-electron chi connectivity index (χ1n) is 21.0. The van der Waals surface area contributed by atoms with E-state index in [4.69, 9.17) is 0 Å². The molecule has 0 N–H and O–H groups in total. The van der Waals surface area contributed by atoms with Crippen LogP contribution in [0.3, 0.4) is 0 Å². The second-order valence-electron chi connectivity index (χ2n) is 15.3. The summed E-state index contributed by atoms with van der Waals surface area (Å²) in [6.07, 6.45) is 2.18. The van der Waals surface area contributed by atoms with E-state index in [2.05, 4.69) is 265 Å². The van der Waals surface area contributed by atoms with Crippen LogP contribution in [0, 0.1) is 0 Å². The lowest BCUT2D eigenvalue weighted by Crippen LogP contribution is -2.12. The van der Waals surface area contributed by atoms with Crippen LogP contribution in [0.5, 0.6) is 0 Å². The van der Waals surface area contributed by atoms with Crippen molar-refractivity contribution in [3.05, 3.63) is 249 Å². The van der Waals surface area contributed by atoms with Gasteiger partial charge in [0.1, 0.15) is 0 Å². The summed E-state index contributed by atoms with van der Waals surface area (Å²) in [5, 5.41) is 2.42. The number of benzene rings is 10. The third-order valence-corrected chi connectivity index (χ3v) is 12.4. The molecule has 0 aliphatic rings. The van der Waals surface area contributed by atoms with Crippen LogP contribution in [0.25, 0.3) is 55.3 Å². The summed E-state index contributed by atoms with van der Waals surface area (Å²) >= 11 is 1.79. The first-order chi connectivity index (χ1) is 30.7. The molecule has 0 saturated heterocycles. The van der Waals surface area contributed by atoms with Crippen LogP contribution in [0.15, 0.2) is 254 Å². The van der Waals surface area contributed by atoms with E-state index in [0.717, 1.165) is 45.3 Å². The Hall–Kier alpha value is -7.59. The maximum absolute atomic E-state index is 2.43. The molecule has 3 heteroatoms. The van der Waals surface area contributed by atoms with E-state index in [1.54, 1.807) is 11.8 Å². The smallest absolute Gasteiger partial charge is 0.0603 e. The van der Waals surface area contributed by atoms with Crippen LogP contribution >= 0.6 is 11.8 Å². The molecule has 10 aromatic carbocycles. The van der Waals surface area contributed by atoms with E-state index in [0.29, 0.717) is 0 Å². The second-order valence-corrected chi connectivity index (χ2v) is 16.1. The standard InChI is InChI=1S/C59H44N2S/c1-62-59-56(50-19-9-4-10-20-50)24-14-26-58(59)61(57-25-13-22-49-21-11-12-23-55(49)57)54-41-33-48(34-42-54)47-31-39-53(40-32-47)60(51-35-27-45(28-36-51)43-15-5-2-6-16-43)52-37-29-46(30-38-52)44-17-7-3-8-18-44/h2-42H,1H3. The first kappa shape index (κ1) is 38.6. The highest BCUT2D eigenvalue weighted by molar-refractivity contribution is 7.98. The van der Waals surface area contributed by atoms with Crippen molar-refractivity contribution in [2.45, 2.75) is 4.90 Å². The highest BCUT2D eigenvalue weighted by Gasteiger charge is 2.21. The van der Waals surface area contributed by atoms with Gasteiger partial charge in [-0.1, -0.05) is 188 Å². The normalized spacial score (nSPS) is 11.0. The van der Waals surface area contributed by atoms with E-state index >= 15 is 0 Å². The number of hydrogen-bond donors (Lipinski definition) is 0. The highest BCUT2D eigenvalue weighted by atomic mass is 32.2. The Morgan fingerprint density at radius 3 is 1.10 bits per heavy atom. The molecular formula is C59H44N2S. The third-order valence-electron chi connectivity index (χ3n) is 11.6. The number of rotatable bonds is 11. The molecule has 0 saturated carbocycles. The molecule has 296 valence electrons. The molecule has 0 aliphatic carbocycles. The summed E-state index contributed by atoms with van der Waals surface area (Å²) in [6, 6.07) is 89.5. The van der Waals surface area contributed by atoms with Crippen LogP contribution in [-0.4, -0.2) is 6.26 Å². The molecule has 2 nitrogen and oxygen atoms in total. The summed E-state index contributed by atoms with van der Waals surface area (Å²) in [5.74, 6) is 0. The van der Waals surface area contributed by atoms with Crippen LogP contribution in [0.2, 0.25) is 0 Å². The average Bonchev–Trinajstić information content (AvgIpc) is 3.36.